The minimum atomic E-state index is -0.0868. The highest BCUT2D eigenvalue weighted by atomic mass is 16.5. The molecule has 0 bridgehead atoms. The smallest absolute Gasteiger partial charge is 0.251 e. The van der Waals surface area contributed by atoms with Gasteiger partial charge in [-0.25, -0.2) is 4.98 Å². The molecule has 0 unspecified atom stereocenters. The molecule has 158 valence electrons. The van der Waals surface area contributed by atoms with E-state index in [9.17, 15) is 4.79 Å². The molecule has 31 heavy (non-hydrogen) atoms. The number of nitrogens with zero attached hydrogens (tertiary/aromatic N) is 3. The number of benzene rings is 2. The maximum Gasteiger partial charge on any atom is 0.251 e. The van der Waals surface area contributed by atoms with Crippen LogP contribution >= 0.6 is 0 Å². The lowest BCUT2D eigenvalue weighted by Gasteiger charge is -2.08. The fraction of sp³-hybridized carbons (Fsp3) is 0.208. The number of aromatic amines is 1. The lowest BCUT2D eigenvalue weighted by atomic mass is 10.1. The van der Waals surface area contributed by atoms with E-state index >= 15 is 0 Å². The van der Waals surface area contributed by atoms with Crippen LogP contribution in [0.3, 0.4) is 0 Å². The molecule has 1 amide bonds. The maximum atomic E-state index is 12.3. The Hall–Kier alpha value is -3.87. The molecular formula is C24H25N5O2. The second-order valence-corrected chi connectivity index (χ2v) is 7.55. The summed E-state index contributed by atoms with van der Waals surface area (Å²) < 4.78 is 7.77. The number of imidazole rings is 1. The van der Waals surface area contributed by atoms with Gasteiger partial charge in [-0.2, -0.15) is 5.10 Å². The minimum Gasteiger partial charge on any atom is -0.492 e. The summed E-state index contributed by atoms with van der Waals surface area (Å²) in [4.78, 5) is 16.3. The lowest BCUT2D eigenvalue weighted by molar-refractivity contribution is 0.0943. The quantitative estimate of drug-likeness (QED) is 0.453. The summed E-state index contributed by atoms with van der Waals surface area (Å²) in [5, 5.41) is 10.4. The Bertz CT molecular complexity index is 1130. The van der Waals surface area contributed by atoms with E-state index in [-0.39, 0.29) is 11.9 Å². The van der Waals surface area contributed by atoms with Crippen LogP contribution in [0.25, 0.3) is 22.5 Å². The number of nitrogens with one attached hydrogen (secondary N) is 2. The number of hydrogen-bond donors (Lipinski definition) is 2. The van der Waals surface area contributed by atoms with Crippen LogP contribution in [0.2, 0.25) is 0 Å². The van der Waals surface area contributed by atoms with E-state index in [0.717, 1.165) is 34.8 Å². The van der Waals surface area contributed by atoms with Gasteiger partial charge in [0.15, 0.2) is 0 Å². The largest absolute Gasteiger partial charge is 0.492 e. The molecule has 0 aliphatic rings. The number of rotatable bonds is 8. The van der Waals surface area contributed by atoms with Crippen molar-refractivity contribution < 1.29 is 9.53 Å². The number of hydrogen-bond acceptors (Lipinski definition) is 4. The van der Waals surface area contributed by atoms with E-state index < -0.39 is 0 Å². The van der Waals surface area contributed by atoms with Crippen LogP contribution in [0.15, 0.2) is 73.3 Å². The molecule has 2 aromatic heterocycles. The summed E-state index contributed by atoms with van der Waals surface area (Å²) in [5.41, 5.74) is 4.20. The Labute approximate surface area is 181 Å². The molecule has 0 atom stereocenters. The van der Waals surface area contributed by atoms with Crippen molar-refractivity contribution in [2.75, 3.05) is 6.61 Å². The van der Waals surface area contributed by atoms with Crippen molar-refractivity contribution in [1.82, 2.24) is 25.1 Å². The first kappa shape index (κ1) is 20.4. The molecule has 0 saturated heterocycles. The molecule has 0 aliphatic heterocycles. The molecule has 2 heterocycles. The first-order valence-electron chi connectivity index (χ1n) is 10.2. The van der Waals surface area contributed by atoms with Crippen LogP contribution in [-0.4, -0.2) is 38.3 Å². The van der Waals surface area contributed by atoms with Crippen LogP contribution in [0.1, 0.15) is 24.2 Å². The summed E-state index contributed by atoms with van der Waals surface area (Å²) >= 11 is 0. The normalized spacial score (nSPS) is 10.9. The standard InChI is InChI=1S/C24H25N5O2/c1-17(2)26-24(30)20-5-3-4-19(14-20)23-15-22(27-28-23)18-6-8-21(9-7-18)31-13-12-29-11-10-25-16-29/h3-11,14-17H,12-13H2,1-2H3,(H,26,30)(H,27,28). The highest BCUT2D eigenvalue weighted by molar-refractivity contribution is 5.95. The molecule has 4 rings (SSSR count). The summed E-state index contributed by atoms with van der Waals surface area (Å²) in [6, 6.07) is 17.4. The third-order valence-electron chi connectivity index (χ3n) is 4.76. The third kappa shape index (κ3) is 5.19. The predicted octanol–water partition coefficient (Wildman–Crippen LogP) is 4.16. The number of carbonyl (C=O) groups excluding carboxylic acids is 1. The van der Waals surface area contributed by atoms with Gasteiger partial charge in [0.05, 0.1) is 24.3 Å². The van der Waals surface area contributed by atoms with Crippen LogP contribution in [0, 0.1) is 0 Å². The number of aromatic nitrogens is 4. The molecule has 0 spiro atoms. The molecule has 2 N–H and O–H groups in total. The molecule has 0 fully saturated rings. The molecule has 4 aromatic rings. The Morgan fingerprint density at radius 1 is 1.13 bits per heavy atom. The SMILES string of the molecule is CC(C)NC(=O)c1cccc(-c2cc(-c3ccc(OCCn4ccnc4)cc3)[nH]n2)c1. The molecule has 0 saturated carbocycles. The molecule has 7 heteroatoms. The molecule has 0 radical (unpaired) electrons. The molecular weight excluding hydrogens is 390 g/mol. The molecule has 0 aliphatic carbocycles. The fourth-order valence-corrected chi connectivity index (χ4v) is 3.20. The summed E-state index contributed by atoms with van der Waals surface area (Å²) in [5.74, 6) is 0.726. The minimum absolute atomic E-state index is 0.0868. The van der Waals surface area contributed by atoms with Crippen molar-refractivity contribution in [3.05, 3.63) is 78.9 Å². The zero-order valence-electron chi connectivity index (χ0n) is 17.6. The van der Waals surface area contributed by atoms with Gasteiger partial charge in [0.25, 0.3) is 5.91 Å². The predicted molar refractivity (Wildman–Crippen MR) is 120 cm³/mol. The number of amides is 1. The van der Waals surface area contributed by atoms with E-state index in [1.807, 2.05) is 73.1 Å². The van der Waals surface area contributed by atoms with Crippen LogP contribution in [-0.2, 0) is 6.54 Å². The first-order valence-corrected chi connectivity index (χ1v) is 10.2. The van der Waals surface area contributed by atoms with Crippen LogP contribution in [0.5, 0.6) is 5.75 Å². The van der Waals surface area contributed by atoms with Crippen LogP contribution < -0.4 is 10.1 Å². The van der Waals surface area contributed by atoms with Gasteiger partial charge in [-0.3, -0.25) is 9.89 Å². The van der Waals surface area contributed by atoms with E-state index in [1.54, 1.807) is 18.6 Å². The second kappa shape index (κ2) is 9.30. The van der Waals surface area contributed by atoms with E-state index in [0.29, 0.717) is 12.2 Å². The van der Waals surface area contributed by atoms with Gasteiger partial charge < -0.3 is 14.6 Å². The lowest BCUT2D eigenvalue weighted by Crippen LogP contribution is -2.30. The average Bonchev–Trinajstić information content (AvgIpc) is 3.46. The van der Waals surface area contributed by atoms with Gasteiger partial charge in [0, 0.05) is 29.6 Å². The van der Waals surface area contributed by atoms with Crippen LogP contribution in [0.4, 0.5) is 0 Å². The monoisotopic (exact) mass is 415 g/mol. The summed E-state index contributed by atoms with van der Waals surface area (Å²) in [6.07, 6.45) is 5.44. The highest BCUT2D eigenvalue weighted by Crippen LogP contribution is 2.26. The Morgan fingerprint density at radius 3 is 2.71 bits per heavy atom. The molecule has 7 nitrogen and oxygen atoms in total. The summed E-state index contributed by atoms with van der Waals surface area (Å²) in [6.45, 7) is 5.21. The van der Waals surface area contributed by atoms with E-state index in [4.69, 9.17) is 4.74 Å². The Balaban J connectivity index is 1.42. The average molecular weight is 415 g/mol. The topological polar surface area (TPSA) is 84.8 Å². The Morgan fingerprint density at radius 2 is 1.97 bits per heavy atom. The Kier molecular flexibility index (Phi) is 6.12. The van der Waals surface area contributed by atoms with Gasteiger partial charge in [-0.05, 0) is 61.9 Å². The maximum absolute atomic E-state index is 12.3. The zero-order chi connectivity index (χ0) is 21.6. The number of carbonyl (C=O) groups is 1. The fourth-order valence-electron chi connectivity index (χ4n) is 3.20. The van der Waals surface area contributed by atoms with Gasteiger partial charge in [-0.1, -0.05) is 12.1 Å². The van der Waals surface area contributed by atoms with Crippen molar-refractivity contribution in [2.24, 2.45) is 0 Å². The van der Waals surface area contributed by atoms with Crippen molar-refractivity contribution >= 4 is 5.91 Å². The van der Waals surface area contributed by atoms with Gasteiger partial charge in [0.2, 0.25) is 0 Å². The third-order valence-corrected chi connectivity index (χ3v) is 4.76. The summed E-state index contributed by atoms with van der Waals surface area (Å²) in [7, 11) is 0. The van der Waals surface area contributed by atoms with Gasteiger partial charge in [0.1, 0.15) is 12.4 Å². The number of H-pyrrole nitrogens is 1. The van der Waals surface area contributed by atoms with Crippen molar-refractivity contribution in [3.63, 3.8) is 0 Å². The van der Waals surface area contributed by atoms with E-state index in [1.165, 1.54) is 0 Å². The first-order chi connectivity index (χ1) is 15.1. The van der Waals surface area contributed by atoms with Gasteiger partial charge >= 0.3 is 0 Å². The highest BCUT2D eigenvalue weighted by Gasteiger charge is 2.11. The number of ether oxygens (including phenoxy) is 1. The van der Waals surface area contributed by atoms with Crippen molar-refractivity contribution in [3.8, 4) is 28.3 Å². The van der Waals surface area contributed by atoms with Crippen molar-refractivity contribution in [1.29, 1.82) is 0 Å². The van der Waals surface area contributed by atoms with Gasteiger partial charge in [-0.15, -0.1) is 0 Å². The second-order valence-electron chi connectivity index (χ2n) is 7.55. The van der Waals surface area contributed by atoms with Crippen molar-refractivity contribution in [2.45, 2.75) is 26.4 Å². The molecule has 2 aromatic carbocycles. The van der Waals surface area contributed by atoms with E-state index in [2.05, 4.69) is 20.5 Å². The zero-order valence-corrected chi connectivity index (χ0v) is 17.6.